The zero-order valence-electron chi connectivity index (χ0n) is 15.9. The molecule has 3 N–H and O–H groups in total. The van der Waals surface area contributed by atoms with Crippen LogP contribution in [0.15, 0.2) is 18.2 Å². The van der Waals surface area contributed by atoms with Gasteiger partial charge in [-0.15, -0.1) is 0 Å². The summed E-state index contributed by atoms with van der Waals surface area (Å²) >= 11 is 0. The quantitative estimate of drug-likeness (QED) is 0.421. The number of esters is 1. The molecule has 1 aliphatic rings. The predicted octanol–water partition coefficient (Wildman–Crippen LogP) is 3.43. The molecule has 1 amide bonds. The van der Waals surface area contributed by atoms with Gasteiger partial charge in [0.1, 0.15) is 0 Å². The number of nitrogen functional groups attached to an aromatic ring is 1. The van der Waals surface area contributed by atoms with E-state index in [0.29, 0.717) is 43.3 Å². The average molecular weight is 361 g/mol. The molecule has 1 aliphatic carbocycles. The van der Waals surface area contributed by atoms with Crippen molar-refractivity contribution in [3.63, 3.8) is 0 Å². The van der Waals surface area contributed by atoms with E-state index >= 15 is 0 Å². The summed E-state index contributed by atoms with van der Waals surface area (Å²) < 4.78 is 4.90. The molecule has 2 rings (SSSR count). The van der Waals surface area contributed by atoms with Gasteiger partial charge in [0.15, 0.2) is 0 Å². The Labute approximate surface area is 156 Å². The fourth-order valence-corrected chi connectivity index (χ4v) is 3.38. The second-order valence-electron chi connectivity index (χ2n) is 6.85. The minimum atomic E-state index is -0.186. The van der Waals surface area contributed by atoms with E-state index in [-0.39, 0.29) is 11.9 Å². The molecule has 0 aromatic heterocycles. The number of nitrogens with one attached hydrogen (secondary N) is 1. The molecule has 0 atom stereocenters. The Balaban J connectivity index is 1.87. The van der Waals surface area contributed by atoms with Crippen LogP contribution in [0.2, 0.25) is 0 Å². The lowest BCUT2D eigenvalue weighted by Gasteiger charge is -2.31. The van der Waals surface area contributed by atoms with Crippen LogP contribution < -0.4 is 11.1 Å². The van der Waals surface area contributed by atoms with Crippen molar-refractivity contribution >= 4 is 23.3 Å². The van der Waals surface area contributed by atoms with Crippen LogP contribution in [0.4, 0.5) is 11.4 Å². The molecule has 144 valence electrons. The van der Waals surface area contributed by atoms with Gasteiger partial charge in [0, 0.05) is 31.6 Å². The van der Waals surface area contributed by atoms with Crippen LogP contribution in [-0.2, 0) is 9.53 Å². The zero-order chi connectivity index (χ0) is 18.9. The maximum atomic E-state index is 12.7. The highest BCUT2D eigenvalue weighted by molar-refractivity contribution is 5.96. The van der Waals surface area contributed by atoms with Crippen LogP contribution in [0.25, 0.3) is 0 Å². The molecule has 0 unspecified atom stereocenters. The summed E-state index contributed by atoms with van der Waals surface area (Å²) in [6.07, 6.45) is 6.86. The Morgan fingerprint density at radius 1 is 1.27 bits per heavy atom. The number of nitrogens with zero attached hydrogens (tertiary/aromatic N) is 1. The van der Waals surface area contributed by atoms with Crippen molar-refractivity contribution in [2.45, 2.75) is 57.9 Å². The van der Waals surface area contributed by atoms with Crippen LogP contribution in [0.3, 0.4) is 0 Å². The molecule has 0 aliphatic heterocycles. The second-order valence-corrected chi connectivity index (χ2v) is 6.85. The maximum absolute atomic E-state index is 12.7. The Morgan fingerprint density at radius 3 is 2.65 bits per heavy atom. The molecule has 0 spiro atoms. The summed E-state index contributed by atoms with van der Waals surface area (Å²) in [5.74, 6) is -0.161. The number of nitrogens with two attached hydrogens (primary N) is 1. The molecule has 6 nitrogen and oxygen atoms in total. The van der Waals surface area contributed by atoms with Gasteiger partial charge in [-0.25, -0.2) is 0 Å². The first-order valence-corrected chi connectivity index (χ1v) is 9.59. The zero-order valence-corrected chi connectivity index (χ0v) is 15.9. The number of rotatable bonds is 8. The average Bonchev–Trinajstić information content (AvgIpc) is 2.66. The van der Waals surface area contributed by atoms with Gasteiger partial charge in [-0.3, -0.25) is 9.59 Å². The highest BCUT2D eigenvalue weighted by atomic mass is 16.5. The van der Waals surface area contributed by atoms with E-state index in [2.05, 4.69) is 5.32 Å². The van der Waals surface area contributed by atoms with Gasteiger partial charge in [-0.2, -0.15) is 0 Å². The van der Waals surface area contributed by atoms with Crippen LogP contribution >= 0.6 is 0 Å². The Hall–Kier alpha value is -2.24. The van der Waals surface area contributed by atoms with Crippen LogP contribution in [0.1, 0.15) is 62.2 Å². The van der Waals surface area contributed by atoms with E-state index in [9.17, 15) is 9.59 Å². The molecule has 26 heavy (non-hydrogen) atoms. The molecular formula is C20H31N3O3. The Morgan fingerprint density at radius 2 is 2.00 bits per heavy atom. The highest BCUT2D eigenvalue weighted by Gasteiger charge is 2.23. The number of ether oxygens (including phenoxy) is 1. The van der Waals surface area contributed by atoms with Crippen molar-refractivity contribution in [2.75, 3.05) is 31.2 Å². The van der Waals surface area contributed by atoms with Gasteiger partial charge in [0.25, 0.3) is 5.91 Å². The molecule has 1 saturated carbocycles. The summed E-state index contributed by atoms with van der Waals surface area (Å²) in [6.45, 7) is 2.83. The fraction of sp³-hybridized carbons (Fsp3) is 0.600. The Bertz CT molecular complexity index is 612. The van der Waals surface area contributed by atoms with Crippen molar-refractivity contribution < 1.29 is 14.3 Å². The van der Waals surface area contributed by atoms with Crippen LogP contribution in [-0.4, -0.2) is 43.0 Å². The van der Waals surface area contributed by atoms with Crippen LogP contribution in [0.5, 0.6) is 0 Å². The van der Waals surface area contributed by atoms with Crippen molar-refractivity contribution in [2.24, 2.45) is 0 Å². The first kappa shape index (κ1) is 20.1. The van der Waals surface area contributed by atoms with Crippen molar-refractivity contribution in [1.29, 1.82) is 0 Å². The van der Waals surface area contributed by atoms with Gasteiger partial charge in [0.2, 0.25) is 0 Å². The van der Waals surface area contributed by atoms with Crippen molar-refractivity contribution in [3.05, 3.63) is 23.8 Å². The summed E-state index contributed by atoms with van der Waals surface area (Å²) in [6, 6.07) is 5.71. The predicted molar refractivity (Wildman–Crippen MR) is 104 cm³/mol. The summed E-state index contributed by atoms with van der Waals surface area (Å²) in [4.78, 5) is 25.9. The lowest BCUT2D eigenvalue weighted by molar-refractivity contribution is -0.143. The standard InChI is InChI=1S/C20H31N3O3/c1-3-26-19(24)10-7-13-22-18-12-11-15(14-17(18)21)20(25)23(2)16-8-5-4-6-9-16/h11-12,14,16,22H,3-10,13,21H2,1-2H3. The third-order valence-electron chi connectivity index (χ3n) is 4.92. The third-order valence-corrected chi connectivity index (χ3v) is 4.92. The highest BCUT2D eigenvalue weighted by Crippen LogP contribution is 2.25. The molecule has 6 heteroatoms. The van der Waals surface area contributed by atoms with Gasteiger partial charge < -0.3 is 20.7 Å². The topological polar surface area (TPSA) is 84.7 Å². The SMILES string of the molecule is CCOC(=O)CCCNc1ccc(C(=O)N(C)C2CCCCC2)cc1N. The molecule has 1 aromatic carbocycles. The van der Waals surface area contributed by atoms with Crippen LogP contribution in [0, 0.1) is 0 Å². The third kappa shape index (κ3) is 5.64. The first-order valence-electron chi connectivity index (χ1n) is 9.59. The van der Waals surface area contributed by atoms with Gasteiger partial charge in [-0.1, -0.05) is 19.3 Å². The maximum Gasteiger partial charge on any atom is 0.305 e. The second kappa shape index (κ2) is 10.0. The lowest BCUT2D eigenvalue weighted by atomic mass is 9.94. The minimum absolute atomic E-state index is 0.0254. The lowest BCUT2D eigenvalue weighted by Crippen LogP contribution is -2.38. The fourth-order valence-electron chi connectivity index (χ4n) is 3.38. The van der Waals surface area contributed by atoms with Gasteiger partial charge in [-0.05, 0) is 44.4 Å². The van der Waals surface area contributed by atoms with E-state index in [1.165, 1.54) is 19.3 Å². The first-order chi connectivity index (χ1) is 12.5. The number of hydrogen-bond donors (Lipinski definition) is 2. The summed E-state index contributed by atoms with van der Waals surface area (Å²) in [5, 5.41) is 3.21. The van der Waals surface area contributed by atoms with E-state index < -0.39 is 0 Å². The van der Waals surface area contributed by atoms with E-state index in [4.69, 9.17) is 10.5 Å². The number of anilines is 2. The number of carbonyl (C=O) groups is 2. The molecule has 0 heterocycles. The van der Waals surface area contributed by atoms with E-state index in [1.54, 1.807) is 13.0 Å². The van der Waals surface area contributed by atoms with Crippen molar-refractivity contribution in [1.82, 2.24) is 4.90 Å². The molecule has 1 aromatic rings. The summed E-state index contributed by atoms with van der Waals surface area (Å²) in [5.41, 5.74) is 8.05. The number of hydrogen-bond acceptors (Lipinski definition) is 5. The van der Waals surface area contributed by atoms with E-state index in [1.807, 2.05) is 24.1 Å². The molecular weight excluding hydrogens is 330 g/mol. The van der Waals surface area contributed by atoms with E-state index in [0.717, 1.165) is 18.5 Å². The monoisotopic (exact) mass is 361 g/mol. The summed E-state index contributed by atoms with van der Waals surface area (Å²) in [7, 11) is 1.88. The normalized spacial score (nSPS) is 14.7. The van der Waals surface area contributed by atoms with Gasteiger partial charge in [0.05, 0.1) is 18.0 Å². The molecule has 0 radical (unpaired) electrons. The Kier molecular flexibility index (Phi) is 7.75. The smallest absolute Gasteiger partial charge is 0.305 e. The molecule has 0 saturated heterocycles. The largest absolute Gasteiger partial charge is 0.466 e. The minimum Gasteiger partial charge on any atom is -0.466 e. The van der Waals surface area contributed by atoms with Crippen molar-refractivity contribution in [3.8, 4) is 0 Å². The van der Waals surface area contributed by atoms with Gasteiger partial charge >= 0.3 is 5.97 Å². The number of benzene rings is 1. The molecule has 1 fully saturated rings. The molecule has 0 bridgehead atoms. The number of amides is 1. The number of carbonyl (C=O) groups excluding carboxylic acids is 2.